The maximum Gasteiger partial charge on any atom is 0.234 e. The average molecular weight is 376 g/mol. The van der Waals surface area contributed by atoms with E-state index in [1.807, 2.05) is 38.1 Å². The number of aryl methyl sites for hydroxylation is 1. The van der Waals surface area contributed by atoms with E-state index >= 15 is 0 Å². The third-order valence-corrected chi connectivity index (χ3v) is 4.79. The molecule has 1 aromatic carbocycles. The molecule has 0 aliphatic carbocycles. The van der Waals surface area contributed by atoms with Gasteiger partial charge in [-0.05, 0) is 44.2 Å². The zero-order chi connectivity index (χ0) is 19.5. The van der Waals surface area contributed by atoms with E-state index in [0.29, 0.717) is 26.0 Å². The van der Waals surface area contributed by atoms with Crippen LogP contribution >= 0.6 is 0 Å². The van der Waals surface area contributed by atoms with Gasteiger partial charge in [0.25, 0.3) is 0 Å². The molecule has 0 spiro atoms. The molecule has 0 bridgehead atoms. The van der Waals surface area contributed by atoms with E-state index in [2.05, 4.69) is 15.5 Å². The van der Waals surface area contributed by atoms with E-state index in [1.165, 1.54) is 0 Å². The van der Waals surface area contributed by atoms with Gasteiger partial charge >= 0.3 is 0 Å². The normalized spacial score (nSPS) is 15.3. The quantitative estimate of drug-likeness (QED) is 0.616. The maximum atomic E-state index is 12.1. The lowest BCUT2D eigenvalue weighted by Crippen LogP contribution is -2.47. The number of rotatable bonds is 10. The van der Waals surface area contributed by atoms with Crippen LogP contribution in [-0.2, 0) is 9.59 Å². The molecular formula is C21H33N3O3. The first kappa shape index (κ1) is 21.2. The monoisotopic (exact) mass is 375 g/mol. The number of nitrogens with one attached hydrogen (secondary N) is 2. The molecule has 27 heavy (non-hydrogen) atoms. The van der Waals surface area contributed by atoms with Crippen LogP contribution in [0.2, 0.25) is 0 Å². The zero-order valence-electron chi connectivity index (χ0n) is 16.6. The number of nitrogens with zero attached hydrogens (tertiary/aromatic N) is 1. The molecule has 2 N–H and O–H groups in total. The van der Waals surface area contributed by atoms with E-state index in [0.717, 1.165) is 50.2 Å². The smallest absolute Gasteiger partial charge is 0.234 e. The largest absolute Gasteiger partial charge is 0.493 e. The Bertz CT molecular complexity index is 598. The third kappa shape index (κ3) is 7.99. The summed E-state index contributed by atoms with van der Waals surface area (Å²) >= 11 is 0. The van der Waals surface area contributed by atoms with Gasteiger partial charge in [-0.1, -0.05) is 25.1 Å². The van der Waals surface area contributed by atoms with Crippen LogP contribution in [0.3, 0.4) is 0 Å². The lowest BCUT2D eigenvalue weighted by molar-refractivity contribution is -0.124. The minimum Gasteiger partial charge on any atom is -0.493 e. The summed E-state index contributed by atoms with van der Waals surface area (Å²) in [7, 11) is 0. The number of amides is 2. The summed E-state index contributed by atoms with van der Waals surface area (Å²) in [4.78, 5) is 26.0. The number of hydrogen-bond donors (Lipinski definition) is 2. The van der Waals surface area contributed by atoms with Gasteiger partial charge < -0.3 is 15.4 Å². The molecule has 1 saturated heterocycles. The summed E-state index contributed by atoms with van der Waals surface area (Å²) in [6, 6.07) is 8.12. The first-order valence-corrected chi connectivity index (χ1v) is 10.1. The van der Waals surface area contributed by atoms with Crippen molar-refractivity contribution in [3.63, 3.8) is 0 Å². The van der Waals surface area contributed by atoms with Crippen molar-refractivity contribution in [3.8, 4) is 5.75 Å². The van der Waals surface area contributed by atoms with Gasteiger partial charge in [-0.2, -0.15) is 0 Å². The van der Waals surface area contributed by atoms with Gasteiger partial charge in [0.2, 0.25) is 11.8 Å². The van der Waals surface area contributed by atoms with Gasteiger partial charge in [-0.15, -0.1) is 0 Å². The number of carbonyl (C=O) groups is 2. The summed E-state index contributed by atoms with van der Waals surface area (Å²) in [6.07, 6.45) is 3.93. The molecule has 6 heteroatoms. The molecular weight excluding hydrogens is 342 g/mol. The number of ether oxygens (including phenoxy) is 1. The minimum atomic E-state index is 0.0857. The number of likely N-dealkylation sites (tertiary alicyclic amines) is 1. The van der Waals surface area contributed by atoms with Gasteiger partial charge in [0.15, 0.2) is 0 Å². The molecule has 0 atom stereocenters. The molecule has 1 aromatic rings. The van der Waals surface area contributed by atoms with Crippen LogP contribution in [0.4, 0.5) is 0 Å². The highest BCUT2D eigenvalue weighted by molar-refractivity contribution is 5.78. The van der Waals surface area contributed by atoms with Gasteiger partial charge in [-0.25, -0.2) is 0 Å². The molecule has 0 saturated carbocycles. The lowest BCUT2D eigenvalue weighted by Gasteiger charge is -2.31. The highest BCUT2D eigenvalue weighted by Crippen LogP contribution is 2.16. The highest BCUT2D eigenvalue weighted by Gasteiger charge is 2.21. The summed E-state index contributed by atoms with van der Waals surface area (Å²) < 4.78 is 5.73. The van der Waals surface area contributed by atoms with Crippen LogP contribution in [0.25, 0.3) is 0 Å². The van der Waals surface area contributed by atoms with Crippen LogP contribution in [-0.4, -0.2) is 55.5 Å². The van der Waals surface area contributed by atoms with Crippen molar-refractivity contribution in [2.24, 2.45) is 0 Å². The second-order valence-corrected chi connectivity index (χ2v) is 7.19. The van der Waals surface area contributed by atoms with Crippen molar-refractivity contribution < 1.29 is 14.3 Å². The molecule has 150 valence electrons. The number of benzene rings is 1. The number of hydrogen-bond acceptors (Lipinski definition) is 4. The first-order valence-electron chi connectivity index (χ1n) is 10.1. The van der Waals surface area contributed by atoms with Gasteiger partial charge in [0.05, 0.1) is 13.2 Å². The SMILES string of the molecule is CCCNC(=O)CN1CCC(NC(=O)CCCOc2ccccc2C)CC1. The second kappa shape index (κ2) is 11.6. The first-order chi connectivity index (χ1) is 13.1. The molecule has 0 aromatic heterocycles. The Hall–Kier alpha value is -2.08. The summed E-state index contributed by atoms with van der Waals surface area (Å²) in [5, 5.41) is 6.02. The number of piperidine rings is 1. The third-order valence-electron chi connectivity index (χ3n) is 4.79. The van der Waals surface area contributed by atoms with Crippen LogP contribution in [0.1, 0.15) is 44.6 Å². The molecule has 0 radical (unpaired) electrons. The summed E-state index contributed by atoms with van der Waals surface area (Å²) in [5.74, 6) is 1.06. The number of carbonyl (C=O) groups excluding carboxylic acids is 2. The Labute approximate surface area is 162 Å². The number of para-hydroxylation sites is 1. The van der Waals surface area contributed by atoms with E-state index < -0.39 is 0 Å². The molecule has 6 nitrogen and oxygen atoms in total. The fourth-order valence-corrected chi connectivity index (χ4v) is 3.19. The van der Waals surface area contributed by atoms with Gasteiger partial charge in [-0.3, -0.25) is 14.5 Å². The Morgan fingerprint density at radius 3 is 2.63 bits per heavy atom. The van der Waals surface area contributed by atoms with Gasteiger partial charge in [0, 0.05) is 32.1 Å². The zero-order valence-corrected chi connectivity index (χ0v) is 16.6. The molecule has 2 amide bonds. The van der Waals surface area contributed by atoms with Crippen LogP contribution in [0.5, 0.6) is 5.75 Å². The van der Waals surface area contributed by atoms with Crippen LogP contribution in [0, 0.1) is 6.92 Å². The van der Waals surface area contributed by atoms with Crippen molar-refractivity contribution in [3.05, 3.63) is 29.8 Å². The van der Waals surface area contributed by atoms with Crippen molar-refractivity contribution in [1.82, 2.24) is 15.5 Å². The Morgan fingerprint density at radius 2 is 1.93 bits per heavy atom. The maximum absolute atomic E-state index is 12.1. The molecule has 1 aliphatic heterocycles. The predicted molar refractivity (Wildman–Crippen MR) is 107 cm³/mol. The lowest BCUT2D eigenvalue weighted by atomic mass is 10.0. The molecule has 1 heterocycles. The average Bonchev–Trinajstić information content (AvgIpc) is 2.66. The summed E-state index contributed by atoms with van der Waals surface area (Å²) in [6.45, 7) is 7.49. The second-order valence-electron chi connectivity index (χ2n) is 7.19. The van der Waals surface area contributed by atoms with Crippen molar-refractivity contribution in [2.45, 2.75) is 52.0 Å². The van der Waals surface area contributed by atoms with Crippen LogP contribution in [0.15, 0.2) is 24.3 Å². The Balaban J connectivity index is 1.56. The minimum absolute atomic E-state index is 0.0857. The van der Waals surface area contributed by atoms with Crippen molar-refractivity contribution in [1.29, 1.82) is 0 Å². The standard InChI is InChI=1S/C21H33N3O3/c1-3-12-22-21(26)16-24-13-10-18(11-14-24)23-20(25)9-6-15-27-19-8-5-4-7-17(19)2/h4-5,7-8,18H,3,6,9-16H2,1-2H3,(H,22,26)(H,23,25). The molecule has 1 aliphatic rings. The van der Waals surface area contributed by atoms with E-state index in [-0.39, 0.29) is 17.9 Å². The topological polar surface area (TPSA) is 70.7 Å². The van der Waals surface area contributed by atoms with E-state index in [4.69, 9.17) is 4.74 Å². The molecule has 0 unspecified atom stereocenters. The fourth-order valence-electron chi connectivity index (χ4n) is 3.19. The van der Waals surface area contributed by atoms with Crippen molar-refractivity contribution >= 4 is 11.8 Å². The van der Waals surface area contributed by atoms with E-state index in [1.54, 1.807) is 0 Å². The highest BCUT2D eigenvalue weighted by atomic mass is 16.5. The molecule has 2 rings (SSSR count). The predicted octanol–water partition coefficient (Wildman–Crippen LogP) is 2.26. The summed E-state index contributed by atoms with van der Waals surface area (Å²) in [5.41, 5.74) is 1.11. The van der Waals surface area contributed by atoms with E-state index in [9.17, 15) is 9.59 Å². The van der Waals surface area contributed by atoms with Crippen molar-refractivity contribution in [2.75, 3.05) is 32.8 Å². The Kier molecular flexibility index (Phi) is 9.11. The Morgan fingerprint density at radius 1 is 1.19 bits per heavy atom. The fraction of sp³-hybridized carbons (Fsp3) is 0.619. The van der Waals surface area contributed by atoms with Gasteiger partial charge in [0.1, 0.15) is 5.75 Å². The molecule has 1 fully saturated rings. The van der Waals surface area contributed by atoms with Crippen LogP contribution < -0.4 is 15.4 Å².